The van der Waals surface area contributed by atoms with E-state index in [2.05, 4.69) is 0 Å². The van der Waals surface area contributed by atoms with E-state index < -0.39 is 5.97 Å². The van der Waals surface area contributed by atoms with Gasteiger partial charge in [0.15, 0.2) is 0 Å². The molecule has 2 aliphatic carbocycles. The molecule has 0 saturated heterocycles. The Hall–Kier alpha value is -1.12. The lowest BCUT2D eigenvalue weighted by molar-refractivity contribution is -0.145. The number of carboxylic acid groups (broad SMARTS) is 1. The van der Waals surface area contributed by atoms with Crippen molar-refractivity contribution in [1.82, 2.24) is 0 Å². The number of rotatable bonds is 1. The molecule has 0 aromatic heterocycles. The molecule has 1 saturated carbocycles. The van der Waals surface area contributed by atoms with Crippen LogP contribution in [0, 0.1) is 17.8 Å². The number of Topliss-reactive ketones (excluding diaryl/α,β-unsaturated/α-hetero) is 1. The molecular formula is C10H12O3. The Kier molecular flexibility index (Phi) is 1.94. The van der Waals surface area contributed by atoms with Crippen molar-refractivity contribution in [3.63, 3.8) is 0 Å². The van der Waals surface area contributed by atoms with E-state index in [1.54, 1.807) is 0 Å². The lowest BCUT2D eigenvalue weighted by atomic mass is 9.70. The number of carbonyl (C=O) groups is 2. The van der Waals surface area contributed by atoms with Gasteiger partial charge in [0.1, 0.15) is 5.78 Å². The van der Waals surface area contributed by atoms with Gasteiger partial charge in [-0.15, -0.1) is 0 Å². The van der Waals surface area contributed by atoms with Crippen LogP contribution in [0.4, 0.5) is 0 Å². The van der Waals surface area contributed by atoms with Gasteiger partial charge in [-0.2, -0.15) is 0 Å². The monoisotopic (exact) mass is 180 g/mol. The first-order valence-corrected chi connectivity index (χ1v) is 4.61. The molecule has 2 bridgehead atoms. The predicted molar refractivity (Wildman–Crippen MR) is 46.1 cm³/mol. The van der Waals surface area contributed by atoms with Crippen LogP contribution in [0.1, 0.15) is 19.3 Å². The van der Waals surface area contributed by atoms with E-state index in [0.29, 0.717) is 12.8 Å². The Balaban J connectivity index is 2.18. The summed E-state index contributed by atoms with van der Waals surface area (Å²) >= 11 is 0. The smallest absolute Gasteiger partial charge is 0.306 e. The zero-order valence-electron chi connectivity index (χ0n) is 7.27. The number of carbonyl (C=O) groups excluding carboxylic acids is 1. The normalized spacial score (nSPS) is 37.5. The van der Waals surface area contributed by atoms with Crippen molar-refractivity contribution < 1.29 is 14.7 Å². The van der Waals surface area contributed by atoms with Crippen LogP contribution in [0.3, 0.4) is 0 Å². The summed E-state index contributed by atoms with van der Waals surface area (Å²) < 4.78 is 0. The van der Waals surface area contributed by atoms with Crippen molar-refractivity contribution in [2.24, 2.45) is 17.8 Å². The van der Waals surface area contributed by atoms with Crippen LogP contribution >= 0.6 is 0 Å². The maximum atomic E-state index is 11.5. The first kappa shape index (κ1) is 8.48. The number of carboxylic acids is 1. The fraction of sp³-hybridized carbons (Fsp3) is 0.600. The molecule has 3 heteroatoms. The third-order valence-electron chi connectivity index (χ3n) is 3.01. The first-order valence-electron chi connectivity index (χ1n) is 4.61. The van der Waals surface area contributed by atoms with Crippen LogP contribution < -0.4 is 0 Å². The van der Waals surface area contributed by atoms with Crippen molar-refractivity contribution >= 4 is 11.8 Å². The molecule has 0 heterocycles. The lowest BCUT2D eigenvalue weighted by Crippen LogP contribution is -2.36. The molecule has 70 valence electrons. The summed E-state index contributed by atoms with van der Waals surface area (Å²) in [5.74, 6) is -0.950. The van der Waals surface area contributed by atoms with Crippen LogP contribution in [-0.2, 0) is 9.59 Å². The topological polar surface area (TPSA) is 54.4 Å². The summed E-state index contributed by atoms with van der Waals surface area (Å²) in [6.07, 6.45) is 5.65. The first-order chi connectivity index (χ1) is 6.18. The van der Waals surface area contributed by atoms with E-state index in [4.69, 9.17) is 5.11 Å². The van der Waals surface area contributed by atoms with E-state index in [0.717, 1.165) is 6.42 Å². The second-order valence-electron chi connectivity index (χ2n) is 3.88. The van der Waals surface area contributed by atoms with Crippen molar-refractivity contribution in [3.05, 3.63) is 12.2 Å². The maximum absolute atomic E-state index is 11.5. The highest BCUT2D eigenvalue weighted by Gasteiger charge is 2.39. The van der Waals surface area contributed by atoms with Gasteiger partial charge < -0.3 is 5.11 Å². The van der Waals surface area contributed by atoms with Crippen LogP contribution in [-0.4, -0.2) is 16.9 Å². The van der Waals surface area contributed by atoms with Crippen LogP contribution in [0.5, 0.6) is 0 Å². The van der Waals surface area contributed by atoms with E-state index in [1.165, 1.54) is 0 Å². The van der Waals surface area contributed by atoms with Gasteiger partial charge in [0.05, 0.1) is 5.92 Å². The number of fused-ring (bicyclic) bond motifs is 2. The summed E-state index contributed by atoms with van der Waals surface area (Å²) in [4.78, 5) is 22.3. The third-order valence-corrected chi connectivity index (χ3v) is 3.01. The highest BCUT2D eigenvalue weighted by molar-refractivity contribution is 5.88. The molecule has 0 radical (unpaired) electrons. The molecule has 1 N–H and O–H groups in total. The fourth-order valence-corrected chi connectivity index (χ4v) is 2.28. The Bertz CT molecular complexity index is 280. The van der Waals surface area contributed by atoms with E-state index in [9.17, 15) is 9.59 Å². The van der Waals surface area contributed by atoms with Crippen LogP contribution in [0.25, 0.3) is 0 Å². The highest BCUT2D eigenvalue weighted by Crippen LogP contribution is 2.36. The van der Waals surface area contributed by atoms with Gasteiger partial charge in [0.2, 0.25) is 0 Å². The quantitative estimate of drug-likeness (QED) is 0.618. The van der Waals surface area contributed by atoms with Gasteiger partial charge in [-0.3, -0.25) is 9.59 Å². The molecule has 13 heavy (non-hydrogen) atoms. The Morgan fingerprint density at radius 1 is 1.46 bits per heavy atom. The second-order valence-corrected chi connectivity index (χ2v) is 3.88. The minimum absolute atomic E-state index is 0.0233. The molecule has 0 unspecified atom stereocenters. The number of aliphatic carboxylic acids is 1. The highest BCUT2D eigenvalue weighted by atomic mass is 16.4. The second kappa shape index (κ2) is 2.98. The Morgan fingerprint density at radius 3 is 2.85 bits per heavy atom. The van der Waals surface area contributed by atoms with Gasteiger partial charge in [0.25, 0.3) is 0 Å². The molecule has 0 aliphatic heterocycles. The molecule has 3 nitrogen and oxygen atoms in total. The number of ketones is 1. The fourth-order valence-electron chi connectivity index (χ4n) is 2.28. The maximum Gasteiger partial charge on any atom is 0.306 e. The summed E-state index contributed by atoms with van der Waals surface area (Å²) in [5.41, 5.74) is 0. The molecular weight excluding hydrogens is 168 g/mol. The number of allylic oxidation sites excluding steroid dienone is 2. The van der Waals surface area contributed by atoms with E-state index in [1.807, 2.05) is 12.2 Å². The summed E-state index contributed by atoms with van der Waals surface area (Å²) in [5, 5.41) is 8.84. The molecule has 0 aromatic carbocycles. The molecule has 2 aliphatic rings. The summed E-state index contributed by atoms with van der Waals surface area (Å²) in [6.45, 7) is 0. The standard InChI is InChI=1S/C10H12O3/c11-9-6-2-1-3-7(9)5-8(4-6)10(12)13/h1-2,6-8H,3-5H2,(H,12,13)/t6-,7-,8-/m1/s1. The van der Waals surface area contributed by atoms with Gasteiger partial charge in [-0.05, 0) is 19.3 Å². The third kappa shape index (κ3) is 1.39. The van der Waals surface area contributed by atoms with Crippen LogP contribution in [0.2, 0.25) is 0 Å². The summed E-state index contributed by atoms with van der Waals surface area (Å²) in [6, 6.07) is 0. The van der Waals surface area contributed by atoms with Crippen LogP contribution in [0.15, 0.2) is 12.2 Å². The van der Waals surface area contributed by atoms with Crippen molar-refractivity contribution in [2.75, 3.05) is 0 Å². The number of hydrogen-bond donors (Lipinski definition) is 1. The molecule has 1 fully saturated rings. The van der Waals surface area contributed by atoms with Gasteiger partial charge in [-0.1, -0.05) is 12.2 Å². The van der Waals surface area contributed by atoms with E-state index >= 15 is 0 Å². The van der Waals surface area contributed by atoms with Crippen molar-refractivity contribution in [2.45, 2.75) is 19.3 Å². The molecule has 0 spiro atoms. The van der Waals surface area contributed by atoms with Gasteiger partial charge >= 0.3 is 5.97 Å². The SMILES string of the molecule is O=C(O)[C@H]1C[C@H]2CC=C[C@H](C1)C2=O. The van der Waals surface area contributed by atoms with Crippen molar-refractivity contribution in [1.29, 1.82) is 0 Å². The van der Waals surface area contributed by atoms with Crippen molar-refractivity contribution in [3.8, 4) is 0 Å². The average molecular weight is 180 g/mol. The zero-order valence-corrected chi connectivity index (χ0v) is 7.27. The minimum atomic E-state index is -0.752. The Morgan fingerprint density at radius 2 is 2.23 bits per heavy atom. The number of hydrogen-bond acceptors (Lipinski definition) is 2. The average Bonchev–Trinajstić information content (AvgIpc) is 2.02. The molecule has 0 amide bonds. The predicted octanol–water partition coefficient (Wildman–Crippen LogP) is 1.24. The van der Waals surface area contributed by atoms with Gasteiger partial charge in [0, 0.05) is 11.8 Å². The van der Waals surface area contributed by atoms with Gasteiger partial charge in [-0.25, -0.2) is 0 Å². The molecule has 2 rings (SSSR count). The van der Waals surface area contributed by atoms with E-state index in [-0.39, 0.29) is 23.5 Å². The zero-order chi connectivity index (χ0) is 9.42. The lowest BCUT2D eigenvalue weighted by Gasteiger charge is -2.32. The Labute approximate surface area is 76.4 Å². The molecule has 3 atom stereocenters. The minimum Gasteiger partial charge on any atom is -0.481 e. The molecule has 0 aromatic rings. The largest absolute Gasteiger partial charge is 0.481 e. The summed E-state index contributed by atoms with van der Waals surface area (Å²) in [7, 11) is 0.